The van der Waals surface area contributed by atoms with E-state index in [9.17, 15) is 0 Å². The van der Waals surface area contributed by atoms with Gasteiger partial charge in [0.2, 0.25) is 0 Å². The third-order valence-corrected chi connectivity index (χ3v) is 22.6. The quantitative estimate of drug-likeness (QED) is 0.147. The monoisotopic (exact) mass is 1220 g/mol. The summed E-state index contributed by atoms with van der Waals surface area (Å²) in [5.74, 6) is 0. The molecule has 0 amide bonds. The highest BCUT2D eigenvalue weighted by Gasteiger charge is 2.45. The summed E-state index contributed by atoms with van der Waals surface area (Å²) in [7, 11) is 0. The number of anilines is 6. The highest BCUT2D eigenvalue weighted by atomic mass is 15.2. The molecule has 0 spiro atoms. The van der Waals surface area contributed by atoms with Gasteiger partial charge in [-0.25, -0.2) is 0 Å². The number of nitrogens with zero attached hydrogens (tertiary/aromatic N) is 3. The minimum Gasteiger partial charge on any atom is -0.311 e. The number of benzene rings is 11. The molecule has 12 aromatic rings. The molecule has 0 fully saturated rings. The summed E-state index contributed by atoms with van der Waals surface area (Å²) in [5, 5.41) is 2.57. The maximum absolute atomic E-state index is 2.62. The predicted molar refractivity (Wildman–Crippen MR) is 405 cm³/mol. The standard InChI is InChI=1S/C90H88BN3/c1-85(2,3)65-32-43-78-70(54-65)71-55-66(86(4,5)6)33-44-79(71)94(78)69-38-42-77-81(56-69)93(68-36-27-60(28-37-68)62-30-40-73-75(50-62)90(13,14)48-46-88(73,9)10)83-53-64(58-23-19-16-20-24-58)52-82-84(83)91(77)76-41-31-63(57-21-17-15-18-22-57)51-80(76)92(82)67-34-25-59(26-35-67)61-29-39-72-74(49-61)89(11,12)47-45-87(72,7)8/h15-44,49-56H,45-48H2,1-14H3. The van der Waals surface area contributed by atoms with Crippen molar-refractivity contribution in [3.05, 3.63) is 264 Å². The molecule has 94 heavy (non-hydrogen) atoms. The minimum atomic E-state index is -0.0993. The molecule has 0 radical (unpaired) electrons. The van der Waals surface area contributed by atoms with Crippen LogP contribution in [0.3, 0.4) is 0 Å². The van der Waals surface area contributed by atoms with Crippen molar-refractivity contribution in [3.8, 4) is 50.2 Å². The number of hydrogen-bond donors (Lipinski definition) is 0. The Balaban J connectivity index is 0.943. The molecule has 0 saturated carbocycles. The van der Waals surface area contributed by atoms with Gasteiger partial charge in [0.25, 0.3) is 6.71 Å². The van der Waals surface area contributed by atoms with E-state index >= 15 is 0 Å². The van der Waals surface area contributed by atoms with Gasteiger partial charge in [0, 0.05) is 50.6 Å². The lowest BCUT2D eigenvalue weighted by molar-refractivity contribution is 0.332. The highest BCUT2D eigenvalue weighted by Crippen LogP contribution is 2.52. The summed E-state index contributed by atoms with van der Waals surface area (Å²) in [6.45, 7) is 33.3. The van der Waals surface area contributed by atoms with E-state index in [0.717, 1.165) is 17.1 Å². The lowest BCUT2D eigenvalue weighted by atomic mass is 9.33. The van der Waals surface area contributed by atoms with Crippen LogP contribution in [0, 0.1) is 0 Å². The summed E-state index contributed by atoms with van der Waals surface area (Å²) in [4.78, 5) is 5.22. The van der Waals surface area contributed by atoms with Crippen LogP contribution in [0.1, 0.15) is 156 Å². The Kier molecular flexibility index (Phi) is 13.5. The van der Waals surface area contributed by atoms with Crippen molar-refractivity contribution in [2.24, 2.45) is 0 Å². The van der Waals surface area contributed by atoms with E-state index in [4.69, 9.17) is 0 Å². The van der Waals surface area contributed by atoms with Gasteiger partial charge >= 0.3 is 0 Å². The minimum absolute atomic E-state index is 0.0151. The molecular weight excluding hydrogens is 1130 g/mol. The van der Waals surface area contributed by atoms with E-state index in [1.54, 1.807) is 0 Å². The molecule has 0 atom stereocenters. The fraction of sp³-hybridized carbons (Fsp3) is 0.267. The molecule has 0 N–H and O–H groups in total. The van der Waals surface area contributed by atoms with E-state index in [-0.39, 0.29) is 39.2 Å². The Morgan fingerprint density at radius 2 is 0.649 bits per heavy atom. The topological polar surface area (TPSA) is 11.4 Å². The Labute approximate surface area is 559 Å². The van der Waals surface area contributed by atoms with Crippen molar-refractivity contribution in [1.29, 1.82) is 0 Å². The Morgan fingerprint density at radius 3 is 1.10 bits per heavy atom. The van der Waals surface area contributed by atoms with Gasteiger partial charge in [0.05, 0.1) is 11.0 Å². The van der Waals surface area contributed by atoms with Gasteiger partial charge in [0.1, 0.15) is 0 Å². The van der Waals surface area contributed by atoms with Crippen LogP contribution in [-0.2, 0) is 32.5 Å². The van der Waals surface area contributed by atoms with Crippen molar-refractivity contribution < 1.29 is 0 Å². The number of hydrogen-bond acceptors (Lipinski definition) is 2. The van der Waals surface area contributed by atoms with Gasteiger partial charge in [-0.15, -0.1) is 0 Å². The Morgan fingerprint density at radius 1 is 0.298 bits per heavy atom. The number of fused-ring (bicyclic) bond motifs is 9. The first-order chi connectivity index (χ1) is 44.8. The van der Waals surface area contributed by atoms with Crippen molar-refractivity contribution in [2.75, 3.05) is 9.80 Å². The molecular formula is C90H88BN3. The zero-order chi connectivity index (χ0) is 65.2. The molecule has 3 nitrogen and oxygen atoms in total. The van der Waals surface area contributed by atoms with Crippen LogP contribution in [0.2, 0.25) is 0 Å². The molecule has 0 unspecified atom stereocenters. The molecule has 1 aromatic heterocycles. The summed E-state index contributed by atoms with van der Waals surface area (Å²) in [5.41, 5.74) is 33.2. The van der Waals surface area contributed by atoms with Crippen LogP contribution in [-0.4, -0.2) is 11.3 Å². The van der Waals surface area contributed by atoms with Crippen molar-refractivity contribution in [2.45, 2.75) is 155 Å². The first-order valence-electron chi connectivity index (χ1n) is 34.6. The zero-order valence-corrected chi connectivity index (χ0v) is 57.7. The summed E-state index contributed by atoms with van der Waals surface area (Å²) in [6.07, 6.45) is 4.75. The van der Waals surface area contributed by atoms with Crippen LogP contribution >= 0.6 is 0 Å². The molecule has 2 aliphatic heterocycles. The van der Waals surface area contributed by atoms with Gasteiger partial charge in [-0.2, -0.15) is 0 Å². The van der Waals surface area contributed by atoms with Crippen LogP contribution < -0.4 is 26.2 Å². The zero-order valence-electron chi connectivity index (χ0n) is 57.7. The summed E-state index contributed by atoms with van der Waals surface area (Å²) >= 11 is 0. The van der Waals surface area contributed by atoms with Gasteiger partial charge in [-0.1, -0.05) is 249 Å². The second kappa shape index (κ2) is 21.2. The van der Waals surface area contributed by atoms with Crippen LogP contribution in [0.15, 0.2) is 231 Å². The van der Waals surface area contributed by atoms with Gasteiger partial charge in [-0.3, -0.25) is 0 Å². The first kappa shape index (κ1) is 59.9. The van der Waals surface area contributed by atoms with E-state index in [2.05, 4.69) is 342 Å². The lowest BCUT2D eigenvalue weighted by Crippen LogP contribution is -2.61. The number of aromatic nitrogens is 1. The molecule has 4 heteroatoms. The predicted octanol–water partition coefficient (Wildman–Crippen LogP) is 22.8. The Hall–Kier alpha value is -9.12. The normalized spacial score (nSPS) is 16.5. The Bertz CT molecular complexity index is 4950. The maximum atomic E-state index is 2.62. The average Bonchev–Trinajstić information content (AvgIpc) is 0.725. The third-order valence-electron chi connectivity index (χ3n) is 22.6. The van der Waals surface area contributed by atoms with Crippen LogP contribution in [0.25, 0.3) is 72.0 Å². The van der Waals surface area contributed by atoms with Crippen molar-refractivity contribution in [1.82, 2.24) is 4.57 Å². The fourth-order valence-corrected chi connectivity index (χ4v) is 16.7. The molecule has 466 valence electrons. The molecule has 4 aliphatic rings. The van der Waals surface area contributed by atoms with E-state index < -0.39 is 0 Å². The van der Waals surface area contributed by atoms with Crippen LogP contribution in [0.5, 0.6) is 0 Å². The fourth-order valence-electron chi connectivity index (χ4n) is 16.7. The van der Waals surface area contributed by atoms with Gasteiger partial charge in [0.15, 0.2) is 0 Å². The van der Waals surface area contributed by atoms with Gasteiger partial charge < -0.3 is 14.4 Å². The molecule has 3 heterocycles. The second-order valence-electron chi connectivity index (χ2n) is 32.7. The molecule has 0 saturated heterocycles. The third kappa shape index (κ3) is 9.74. The lowest BCUT2D eigenvalue weighted by Gasteiger charge is -2.44. The molecule has 0 bridgehead atoms. The second-order valence-corrected chi connectivity index (χ2v) is 32.7. The SMILES string of the molecule is CC(C)(C)c1ccc2c(c1)c1cc(C(C)(C)C)ccc1n2-c1ccc2c(c1)N(c1ccc(-c3ccc4c(c3)C(C)(C)CCC4(C)C)cc1)c1cc(-c3ccccc3)cc3c1B2c1ccc(-c2ccccc2)cc1N3c1ccc(-c2ccc3c(c2)C(C)(C)CCC3(C)C)cc1. The largest absolute Gasteiger partial charge is 0.311 e. The average molecular weight is 1220 g/mol. The van der Waals surface area contributed by atoms with Gasteiger partial charge in [-0.05, 0) is 231 Å². The summed E-state index contributed by atoms with van der Waals surface area (Å²) in [6, 6.07) is 89.8. The highest BCUT2D eigenvalue weighted by molar-refractivity contribution is 7.00. The van der Waals surface area contributed by atoms with E-state index in [1.165, 1.54) is 165 Å². The smallest absolute Gasteiger partial charge is 0.252 e. The van der Waals surface area contributed by atoms with Crippen molar-refractivity contribution >= 4 is 79.0 Å². The van der Waals surface area contributed by atoms with E-state index in [1.807, 2.05) is 0 Å². The summed E-state index contributed by atoms with van der Waals surface area (Å²) < 4.78 is 2.55. The van der Waals surface area contributed by atoms with E-state index in [0.29, 0.717) is 0 Å². The molecule has 11 aromatic carbocycles. The number of rotatable bonds is 7. The molecule has 16 rings (SSSR count). The maximum Gasteiger partial charge on any atom is 0.252 e. The van der Waals surface area contributed by atoms with Crippen molar-refractivity contribution in [3.63, 3.8) is 0 Å². The first-order valence-corrected chi connectivity index (χ1v) is 34.6. The molecule has 2 aliphatic carbocycles. The van der Waals surface area contributed by atoms with Crippen LogP contribution in [0.4, 0.5) is 34.1 Å².